The van der Waals surface area contributed by atoms with Gasteiger partial charge in [-0.2, -0.15) is 5.26 Å². The van der Waals surface area contributed by atoms with Gasteiger partial charge < -0.3 is 19.9 Å². The van der Waals surface area contributed by atoms with Crippen LogP contribution in [0.5, 0.6) is 0 Å². The Kier molecular flexibility index (Phi) is 6.40. The van der Waals surface area contributed by atoms with Gasteiger partial charge in [-0.05, 0) is 24.3 Å². The molecular weight excluding hydrogens is 361 g/mol. The molecule has 2 heterocycles. The summed E-state index contributed by atoms with van der Waals surface area (Å²) in [6.07, 6.45) is 1.56. The minimum absolute atomic E-state index is 0.0814. The Balaban J connectivity index is 1.60. The van der Waals surface area contributed by atoms with Gasteiger partial charge in [0.15, 0.2) is 0 Å². The molecule has 1 aromatic heterocycles. The lowest BCUT2D eigenvalue weighted by molar-refractivity contribution is 0.0937. The molecule has 2 aromatic rings. The normalized spacial score (nSPS) is 13.9. The number of hydrogen-bond donors (Lipinski definition) is 1. The molecule has 0 bridgehead atoms. The number of piperazine rings is 1. The van der Waals surface area contributed by atoms with Crippen molar-refractivity contribution in [2.75, 3.05) is 56.2 Å². The van der Waals surface area contributed by atoms with Gasteiger partial charge in [0.25, 0.3) is 5.91 Å². The first-order valence-corrected chi connectivity index (χ1v) is 9.05. The number of pyridine rings is 1. The number of nitrogens with one attached hydrogen (secondary N) is 1. The molecule has 0 saturated carbocycles. The summed E-state index contributed by atoms with van der Waals surface area (Å²) < 4.78 is 18.7. The summed E-state index contributed by atoms with van der Waals surface area (Å²) in [5.74, 6) is 0.104. The first-order valence-electron chi connectivity index (χ1n) is 9.05. The van der Waals surface area contributed by atoms with Crippen LogP contribution < -0.4 is 15.1 Å². The van der Waals surface area contributed by atoms with E-state index in [1.54, 1.807) is 31.5 Å². The van der Waals surface area contributed by atoms with E-state index in [1.165, 1.54) is 6.07 Å². The number of halogens is 1. The molecule has 0 radical (unpaired) electrons. The Labute approximate surface area is 163 Å². The van der Waals surface area contributed by atoms with Crippen LogP contribution >= 0.6 is 0 Å². The largest absolute Gasteiger partial charge is 0.383 e. The summed E-state index contributed by atoms with van der Waals surface area (Å²) in [5, 5.41) is 12.0. The van der Waals surface area contributed by atoms with Crippen molar-refractivity contribution in [3.05, 3.63) is 53.5 Å². The van der Waals surface area contributed by atoms with Crippen LogP contribution in [0, 0.1) is 17.1 Å². The van der Waals surface area contributed by atoms with Gasteiger partial charge in [-0.15, -0.1) is 0 Å². The Morgan fingerprint density at radius 3 is 2.64 bits per heavy atom. The molecule has 28 heavy (non-hydrogen) atoms. The average molecular weight is 383 g/mol. The van der Waals surface area contributed by atoms with E-state index in [-0.39, 0.29) is 11.5 Å². The highest BCUT2D eigenvalue weighted by atomic mass is 19.1. The lowest BCUT2D eigenvalue weighted by Crippen LogP contribution is -2.47. The summed E-state index contributed by atoms with van der Waals surface area (Å²) in [7, 11) is 1.58. The second kappa shape index (κ2) is 9.15. The lowest BCUT2D eigenvalue weighted by atomic mass is 10.1. The molecule has 1 fully saturated rings. The Morgan fingerprint density at radius 2 is 2.00 bits per heavy atom. The second-order valence-electron chi connectivity index (χ2n) is 6.37. The number of hydrogen-bond acceptors (Lipinski definition) is 6. The Bertz CT molecular complexity index is 858. The SMILES string of the molecule is COCCNC(=O)c1ccc(N2CCN(c3cccc(F)c3C#N)CC2)nc1. The Morgan fingerprint density at radius 1 is 1.25 bits per heavy atom. The summed E-state index contributed by atoms with van der Waals surface area (Å²) in [5.41, 5.74) is 1.20. The number of carbonyl (C=O) groups is 1. The van der Waals surface area contributed by atoms with Gasteiger partial charge in [0, 0.05) is 46.0 Å². The van der Waals surface area contributed by atoms with Gasteiger partial charge in [0.1, 0.15) is 23.3 Å². The smallest absolute Gasteiger partial charge is 0.252 e. The van der Waals surface area contributed by atoms with Gasteiger partial charge in [-0.25, -0.2) is 9.37 Å². The van der Waals surface area contributed by atoms with Crippen LogP contribution in [0.4, 0.5) is 15.9 Å². The van der Waals surface area contributed by atoms with Crippen LogP contribution in [-0.2, 0) is 4.74 Å². The maximum absolute atomic E-state index is 13.8. The first kappa shape index (κ1) is 19.6. The van der Waals surface area contributed by atoms with Gasteiger partial charge >= 0.3 is 0 Å². The number of rotatable bonds is 6. The number of ether oxygens (including phenoxy) is 1. The highest BCUT2D eigenvalue weighted by molar-refractivity contribution is 5.94. The summed E-state index contributed by atoms with van der Waals surface area (Å²) in [6.45, 7) is 3.59. The maximum Gasteiger partial charge on any atom is 0.252 e. The van der Waals surface area contributed by atoms with Gasteiger partial charge in [0.05, 0.1) is 17.9 Å². The second-order valence-corrected chi connectivity index (χ2v) is 6.37. The highest BCUT2D eigenvalue weighted by Gasteiger charge is 2.21. The molecule has 1 saturated heterocycles. The molecular formula is C20H22FN5O2. The van der Waals surface area contributed by atoms with Crippen molar-refractivity contribution in [1.82, 2.24) is 10.3 Å². The number of aromatic nitrogens is 1. The minimum Gasteiger partial charge on any atom is -0.383 e. The molecule has 0 unspecified atom stereocenters. The first-order chi connectivity index (χ1) is 13.6. The fourth-order valence-electron chi connectivity index (χ4n) is 3.14. The molecule has 0 spiro atoms. The van der Waals surface area contributed by atoms with Crippen molar-refractivity contribution in [2.24, 2.45) is 0 Å². The zero-order chi connectivity index (χ0) is 19.9. The standard InChI is InChI=1S/C20H22FN5O2/c1-28-12-7-23-20(27)15-5-6-19(24-14-15)26-10-8-25(9-11-26)18-4-2-3-17(21)16(18)13-22/h2-6,14H,7-12H2,1H3,(H,23,27). The van der Waals surface area contributed by atoms with Crippen molar-refractivity contribution in [3.63, 3.8) is 0 Å². The topological polar surface area (TPSA) is 81.5 Å². The highest BCUT2D eigenvalue weighted by Crippen LogP contribution is 2.24. The molecule has 0 aliphatic carbocycles. The number of carbonyl (C=O) groups excluding carboxylic acids is 1. The minimum atomic E-state index is -0.497. The number of anilines is 2. The monoisotopic (exact) mass is 383 g/mol. The number of benzene rings is 1. The Hall–Kier alpha value is -3.18. The zero-order valence-corrected chi connectivity index (χ0v) is 15.7. The zero-order valence-electron chi connectivity index (χ0n) is 15.7. The third kappa shape index (κ3) is 4.38. The van der Waals surface area contributed by atoms with E-state index in [1.807, 2.05) is 17.0 Å². The number of amides is 1. The van der Waals surface area contributed by atoms with Crippen LogP contribution in [0.3, 0.4) is 0 Å². The maximum atomic E-state index is 13.8. The van der Waals surface area contributed by atoms with Crippen LogP contribution in [-0.4, -0.2) is 57.3 Å². The molecule has 1 aromatic carbocycles. The molecule has 146 valence electrons. The van der Waals surface area contributed by atoms with E-state index >= 15 is 0 Å². The lowest BCUT2D eigenvalue weighted by Gasteiger charge is -2.37. The van der Waals surface area contributed by atoms with Gasteiger partial charge in [0.2, 0.25) is 0 Å². The van der Waals surface area contributed by atoms with Crippen LogP contribution in [0.15, 0.2) is 36.5 Å². The fraction of sp³-hybridized carbons (Fsp3) is 0.350. The molecule has 1 N–H and O–H groups in total. The van der Waals surface area contributed by atoms with Gasteiger partial charge in [-0.3, -0.25) is 4.79 Å². The number of nitrogens with zero attached hydrogens (tertiary/aromatic N) is 4. The summed E-state index contributed by atoms with van der Waals surface area (Å²) in [4.78, 5) is 20.5. The van der Waals surface area contributed by atoms with Crippen molar-refractivity contribution < 1.29 is 13.9 Å². The summed E-state index contributed by atoms with van der Waals surface area (Å²) >= 11 is 0. The average Bonchev–Trinajstić information content (AvgIpc) is 2.74. The predicted molar refractivity (Wildman–Crippen MR) is 104 cm³/mol. The third-order valence-electron chi connectivity index (χ3n) is 4.65. The number of nitriles is 1. The van der Waals surface area contributed by atoms with Crippen molar-refractivity contribution in [1.29, 1.82) is 5.26 Å². The fourth-order valence-corrected chi connectivity index (χ4v) is 3.14. The third-order valence-corrected chi connectivity index (χ3v) is 4.65. The molecule has 3 rings (SSSR count). The van der Waals surface area contributed by atoms with Crippen molar-refractivity contribution >= 4 is 17.4 Å². The molecule has 1 aliphatic rings. The molecule has 8 heteroatoms. The van der Waals surface area contributed by atoms with Crippen molar-refractivity contribution in [2.45, 2.75) is 0 Å². The molecule has 1 aliphatic heterocycles. The molecule has 1 amide bonds. The van der Waals surface area contributed by atoms with E-state index in [4.69, 9.17) is 4.74 Å². The number of methoxy groups -OCH3 is 1. The van der Waals surface area contributed by atoms with Crippen molar-refractivity contribution in [3.8, 4) is 6.07 Å². The predicted octanol–water partition coefficient (Wildman–Crippen LogP) is 1.80. The van der Waals surface area contributed by atoms with Crippen LogP contribution in [0.1, 0.15) is 15.9 Å². The van der Waals surface area contributed by atoms with E-state index in [2.05, 4.69) is 15.2 Å². The van der Waals surface area contributed by atoms with Crippen LogP contribution in [0.2, 0.25) is 0 Å². The van der Waals surface area contributed by atoms with E-state index < -0.39 is 5.82 Å². The van der Waals surface area contributed by atoms with Crippen LogP contribution in [0.25, 0.3) is 0 Å². The quantitative estimate of drug-likeness (QED) is 0.766. The molecule has 7 nitrogen and oxygen atoms in total. The van der Waals surface area contributed by atoms with E-state index in [9.17, 15) is 14.4 Å². The van der Waals surface area contributed by atoms with E-state index in [0.29, 0.717) is 50.6 Å². The van der Waals surface area contributed by atoms with Gasteiger partial charge in [-0.1, -0.05) is 6.07 Å². The van der Waals surface area contributed by atoms with E-state index in [0.717, 1.165) is 5.82 Å². The summed E-state index contributed by atoms with van der Waals surface area (Å²) in [6, 6.07) is 10.2. The molecule has 0 atom stereocenters.